The Bertz CT molecular complexity index is 1110. The number of ether oxygens (including phenoxy) is 3. The second kappa shape index (κ2) is 10.8. The van der Waals surface area contributed by atoms with Crippen molar-refractivity contribution in [1.82, 2.24) is 9.80 Å². The Kier molecular flexibility index (Phi) is 7.54. The van der Waals surface area contributed by atoms with Crippen molar-refractivity contribution in [2.45, 2.75) is 13.5 Å². The van der Waals surface area contributed by atoms with Crippen LogP contribution in [-0.2, 0) is 20.9 Å². The van der Waals surface area contributed by atoms with Gasteiger partial charge in [-0.3, -0.25) is 19.3 Å². The summed E-state index contributed by atoms with van der Waals surface area (Å²) in [5, 5.41) is -0.456. The number of thioether (sulfide) groups is 1. The summed E-state index contributed by atoms with van der Waals surface area (Å²) < 4.78 is 16.6. The van der Waals surface area contributed by atoms with E-state index in [1.165, 1.54) is 5.56 Å². The second-order valence-electron chi connectivity index (χ2n) is 7.95. The van der Waals surface area contributed by atoms with Crippen molar-refractivity contribution in [3.63, 3.8) is 0 Å². The first-order chi connectivity index (χ1) is 16.4. The third-order valence-corrected chi connectivity index (χ3v) is 6.44. The van der Waals surface area contributed by atoms with E-state index >= 15 is 0 Å². The van der Waals surface area contributed by atoms with Crippen LogP contribution in [-0.4, -0.2) is 66.8 Å². The molecule has 0 radical (unpaired) electrons. The molecule has 0 atom stereocenters. The zero-order valence-corrected chi connectivity index (χ0v) is 19.9. The van der Waals surface area contributed by atoms with Crippen LogP contribution in [0.1, 0.15) is 16.7 Å². The smallest absolute Gasteiger partial charge is 0.294 e. The Morgan fingerprint density at radius 2 is 1.82 bits per heavy atom. The molecule has 178 valence electrons. The average Bonchev–Trinajstić information content (AvgIpc) is 3.11. The Morgan fingerprint density at radius 1 is 1.09 bits per heavy atom. The molecular weight excluding hydrogens is 456 g/mol. The maximum atomic E-state index is 12.8. The van der Waals surface area contributed by atoms with Crippen molar-refractivity contribution in [3.8, 4) is 11.5 Å². The standard InChI is InChI=1S/C25H26N2O6S/c1-17-3-5-18(6-4-17)16-33-20-8-7-19(13-21(20)31-2)14-22-24(29)27(25(30)34-22)15-23(28)26-9-11-32-12-10-26/h3-8,13-14H,9-12,15-16H2,1-2H3/b22-14-. The number of carbonyl (C=O) groups is 3. The minimum absolute atomic E-state index is 0.259. The third-order valence-electron chi connectivity index (χ3n) is 5.53. The maximum absolute atomic E-state index is 12.8. The number of hydrogen-bond donors (Lipinski definition) is 0. The molecule has 0 bridgehead atoms. The maximum Gasteiger partial charge on any atom is 0.294 e. The van der Waals surface area contributed by atoms with Gasteiger partial charge >= 0.3 is 0 Å². The number of carbonyl (C=O) groups excluding carboxylic acids is 3. The number of benzene rings is 2. The van der Waals surface area contributed by atoms with Gasteiger partial charge in [-0.25, -0.2) is 0 Å². The topological polar surface area (TPSA) is 85.4 Å². The molecule has 0 saturated carbocycles. The number of amides is 3. The zero-order valence-electron chi connectivity index (χ0n) is 19.1. The van der Waals surface area contributed by atoms with E-state index in [1.54, 1.807) is 36.3 Å². The molecule has 2 saturated heterocycles. The van der Waals surface area contributed by atoms with E-state index < -0.39 is 11.1 Å². The van der Waals surface area contributed by atoms with Gasteiger partial charge in [0.15, 0.2) is 11.5 Å². The van der Waals surface area contributed by atoms with Crippen LogP contribution in [0, 0.1) is 6.92 Å². The number of morpholine rings is 1. The van der Waals surface area contributed by atoms with Gasteiger partial charge in [-0.1, -0.05) is 35.9 Å². The molecule has 3 amide bonds. The van der Waals surface area contributed by atoms with Gasteiger partial charge < -0.3 is 19.1 Å². The van der Waals surface area contributed by atoms with Crippen molar-refractivity contribution in [2.75, 3.05) is 40.0 Å². The molecule has 2 aliphatic heterocycles. The summed E-state index contributed by atoms with van der Waals surface area (Å²) in [7, 11) is 1.54. The van der Waals surface area contributed by atoms with E-state index in [0.717, 1.165) is 22.2 Å². The minimum atomic E-state index is -0.477. The van der Waals surface area contributed by atoms with Crippen molar-refractivity contribution in [2.24, 2.45) is 0 Å². The number of rotatable bonds is 7. The van der Waals surface area contributed by atoms with Crippen LogP contribution in [0.25, 0.3) is 6.08 Å². The summed E-state index contributed by atoms with van der Waals surface area (Å²) in [6.45, 7) is 4.00. The molecular formula is C25H26N2O6S. The molecule has 0 spiro atoms. The lowest BCUT2D eigenvalue weighted by Crippen LogP contribution is -2.46. The normalized spacial score (nSPS) is 17.4. The number of aryl methyl sites for hydroxylation is 1. The Balaban J connectivity index is 1.43. The van der Waals surface area contributed by atoms with E-state index in [9.17, 15) is 14.4 Å². The molecule has 2 heterocycles. The monoisotopic (exact) mass is 482 g/mol. The Hall–Kier alpha value is -3.30. The number of methoxy groups -OCH3 is 1. The second-order valence-corrected chi connectivity index (χ2v) is 8.94. The summed E-state index contributed by atoms with van der Waals surface area (Å²) in [5.41, 5.74) is 2.90. The molecule has 2 aromatic carbocycles. The van der Waals surface area contributed by atoms with E-state index in [-0.39, 0.29) is 17.4 Å². The first kappa shape index (κ1) is 23.8. The van der Waals surface area contributed by atoms with Crippen molar-refractivity contribution in [1.29, 1.82) is 0 Å². The molecule has 0 aliphatic carbocycles. The van der Waals surface area contributed by atoms with Crippen LogP contribution in [0.5, 0.6) is 11.5 Å². The van der Waals surface area contributed by atoms with Crippen molar-refractivity contribution >= 4 is 34.9 Å². The highest BCUT2D eigenvalue weighted by atomic mass is 32.2. The van der Waals surface area contributed by atoms with Gasteiger partial charge in [-0.2, -0.15) is 0 Å². The highest BCUT2D eigenvalue weighted by molar-refractivity contribution is 8.18. The summed E-state index contributed by atoms with van der Waals surface area (Å²) in [6, 6.07) is 13.4. The molecule has 2 fully saturated rings. The molecule has 0 unspecified atom stereocenters. The van der Waals surface area contributed by atoms with Gasteiger partial charge in [0, 0.05) is 13.1 Å². The van der Waals surface area contributed by atoms with E-state index in [2.05, 4.69) is 0 Å². The summed E-state index contributed by atoms with van der Waals surface area (Å²) in [5.74, 6) is 0.353. The van der Waals surface area contributed by atoms with Gasteiger partial charge in [0.2, 0.25) is 5.91 Å². The highest BCUT2D eigenvalue weighted by Gasteiger charge is 2.37. The largest absolute Gasteiger partial charge is 0.493 e. The SMILES string of the molecule is COc1cc(/C=C2\SC(=O)N(CC(=O)N3CCOCC3)C2=O)ccc1OCc1ccc(C)cc1. The van der Waals surface area contributed by atoms with Crippen LogP contribution >= 0.6 is 11.8 Å². The minimum Gasteiger partial charge on any atom is -0.493 e. The lowest BCUT2D eigenvalue weighted by molar-refractivity contribution is -0.139. The number of hydrogen-bond acceptors (Lipinski definition) is 7. The van der Waals surface area contributed by atoms with Crippen LogP contribution in [0.15, 0.2) is 47.4 Å². The predicted molar refractivity (Wildman–Crippen MR) is 129 cm³/mol. The molecule has 2 aliphatic rings. The van der Waals surface area contributed by atoms with E-state index in [4.69, 9.17) is 14.2 Å². The number of nitrogens with zero attached hydrogens (tertiary/aromatic N) is 2. The Labute approximate surface area is 202 Å². The fraction of sp³-hybridized carbons (Fsp3) is 0.320. The van der Waals surface area contributed by atoms with Crippen LogP contribution in [0.3, 0.4) is 0 Å². The zero-order chi connectivity index (χ0) is 24.1. The van der Waals surface area contributed by atoms with Crippen LogP contribution in [0.2, 0.25) is 0 Å². The molecule has 34 heavy (non-hydrogen) atoms. The lowest BCUT2D eigenvalue weighted by atomic mass is 10.1. The van der Waals surface area contributed by atoms with Crippen molar-refractivity contribution < 1.29 is 28.6 Å². The molecule has 9 heteroatoms. The lowest BCUT2D eigenvalue weighted by Gasteiger charge is -2.28. The van der Waals surface area contributed by atoms with Gasteiger partial charge in [0.1, 0.15) is 13.2 Å². The fourth-order valence-corrected chi connectivity index (χ4v) is 4.41. The van der Waals surface area contributed by atoms with Crippen LogP contribution < -0.4 is 9.47 Å². The molecule has 4 rings (SSSR count). The predicted octanol–water partition coefficient (Wildman–Crippen LogP) is 3.48. The first-order valence-electron chi connectivity index (χ1n) is 10.9. The van der Waals surface area contributed by atoms with Gasteiger partial charge in [0.05, 0.1) is 25.2 Å². The number of imide groups is 1. The van der Waals surface area contributed by atoms with Gasteiger partial charge in [-0.15, -0.1) is 0 Å². The summed E-state index contributed by atoms with van der Waals surface area (Å²) >= 11 is 0.823. The van der Waals surface area contributed by atoms with Crippen molar-refractivity contribution in [3.05, 3.63) is 64.1 Å². The molecule has 8 nitrogen and oxygen atoms in total. The van der Waals surface area contributed by atoms with Gasteiger partial charge in [-0.05, 0) is 48.0 Å². The molecule has 0 N–H and O–H groups in total. The molecule has 0 aromatic heterocycles. The average molecular weight is 483 g/mol. The third kappa shape index (κ3) is 5.60. The van der Waals surface area contributed by atoms with Gasteiger partial charge in [0.25, 0.3) is 11.1 Å². The Morgan fingerprint density at radius 3 is 2.53 bits per heavy atom. The summed E-state index contributed by atoms with van der Waals surface area (Å²) in [4.78, 5) is 40.6. The first-order valence-corrected chi connectivity index (χ1v) is 11.7. The summed E-state index contributed by atoms with van der Waals surface area (Å²) in [6.07, 6.45) is 1.62. The van der Waals surface area contributed by atoms with Crippen LogP contribution in [0.4, 0.5) is 4.79 Å². The van der Waals surface area contributed by atoms with E-state index in [1.807, 2.05) is 31.2 Å². The fourth-order valence-electron chi connectivity index (χ4n) is 3.57. The quantitative estimate of drug-likeness (QED) is 0.559. The highest BCUT2D eigenvalue weighted by Crippen LogP contribution is 2.34. The van der Waals surface area contributed by atoms with E-state index in [0.29, 0.717) is 50.0 Å². The molecule has 2 aromatic rings.